The summed E-state index contributed by atoms with van der Waals surface area (Å²) in [6.07, 6.45) is 4.46. The number of rotatable bonds is 8. The first kappa shape index (κ1) is 26.6. The Hall–Kier alpha value is -4.46. The first-order valence-electron chi connectivity index (χ1n) is 12.3. The lowest BCUT2D eigenvalue weighted by Gasteiger charge is -2.28. The van der Waals surface area contributed by atoms with E-state index in [4.69, 9.17) is 9.47 Å². The predicted octanol–water partition coefficient (Wildman–Crippen LogP) is 5.37. The van der Waals surface area contributed by atoms with Crippen LogP contribution in [0.5, 0.6) is 0 Å². The van der Waals surface area contributed by atoms with Crippen LogP contribution in [0.2, 0.25) is 0 Å². The topological polar surface area (TPSA) is 102 Å². The summed E-state index contributed by atoms with van der Waals surface area (Å²) < 4.78 is 10.5. The highest BCUT2D eigenvalue weighted by molar-refractivity contribution is 6.37. The maximum Gasteiger partial charge on any atom is 0.410 e. The van der Waals surface area contributed by atoms with E-state index in [0.29, 0.717) is 17.7 Å². The summed E-state index contributed by atoms with van der Waals surface area (Å²) in [5.74, 6) is -2.47. The van der Waals surface area contributed by atoms with Gasteiger partial charge in [0.1, 0.15) is 5.60 Å². The maximum atomic E-state index is 13.2. The molecule has 2 heterocycles. The largest absolute Gasteiger partial charge is 0.463 e. The molecule has 1 unspecified atom stereocenters. The van der Waals surface area contributed by atoms with Crippen molar-refractivity contribution >= 4 is 28.7 Å². The number of ketones is 1. The number of fused-ring (bicyclic) bond motifs is 1. The van der Waals surface area contributed by atoms with E-state index in [0.717, 1.165) is 22.0 Å². The van der Waals surface area contributed by atoms with Crippen molar-refractivity contribution in [2.24, 2.45) is 0 Å². The van der Waals surface area contributed by atoms with Gasteiger partial charge >= 0.3 is 12.1 Å². The van der Waals surface area contributed by atoms with Crippen LogP contribution < -0.4 is 0 Å². The molecule has 0 spiro atoms. The second-order valence-electron chi connectivity index (χ2n) is 9.98. The van der Waals surface area contributed by atoms with Crippen LogP contribution in [0.4, 0.5) is 4.79 Å². The van der Waals surface area contributed by atoms with Crippen LogP contribution in [0.25, 0.3) is 10.9 Å². The number of aromatic nitrogens is 2. The maximum absolute atomic E-state index is 13.2. The molecule has 0 saturated carbocycles. The Balaban J connectivity index is 1.74. The zero-order valence-electron chi connectivity index (χ0n) is 21.9. The highest BCUT2D eigenvalue weighted by atomic mass is 16.6. The molecular formula is C30H31N3O5. The van der Waals surface area contributed by atoms with Gasteiger partial charge in [-0.1, -0.05) is 48.5 Å². The zero-order chi connectivity index (χ0) is 27.3. The Labute approximate surface area is 221 Å². The highest BCUT2D eigenvalue weighted by Gasteiger charge is 2.32. The third kappa shape index (κ3) is 6.08. The molecule has 38 heavy (non-hydrogen) atoms. The fourth-order valence-electron chi connectivity index (χ4n) is 4.38. The summed E-state index contributed by atoms with van der Waals surface area (Å²) in [6.45, 7) is 6.13. The molecule has 0 saturated heterocycles. The number of esters is 1. The predicted molar refractivity (Wildman–Crippen MR) is 143 cm³/mol. The number of hydrogen-bond acceptors (Lipinski definition) is 6. The van der Waals surface area contributed by atoms with Crippen molar-refractivity contribution in [2.45, 2.75) is 45.4 Å². The molecule has 0 bridgehead atoms. The number of ether oxygens (including phenoxy) is 2. The molecule has 0 aliphatic carbocycles. The van der Waals surface area contributed by atoms with Gasteiger partial charge in [-0.3, -0.25) is 14.7 Å². The van der Waals surface area contributed by atoms with Crippen molar-refractivity contribution in [3.8, 4) is 0 Å². The Morgan fingerprint density at radius 2 is 1.66 bits per heavy atom. The summed E-state index contributed by atoms with van der Waals surface area (Å²) in [5.41, 5.74) is 3.19. The van der Waals surface area contributed by atoms with Crippen molar-refractivity contribution in [1.29, 1.82) is 0 Å². The van der Waals surface area contributed by atoms with E-state index in [2.05, 4.69) is 9.97 Å². The third-order valence-electron chi connectivity index (χ3n) is 6.06. The second kappa shape index (κ2) is 11.3. The second-order valence-corrected chi connectivity index (χ2v) is 9.98. The molecule has 196 valence electrons. The zero-order valence-corrected chi connectivity index (χ0v) is 21.9. The van der Waals surface area contributed by atoms with Crippen LogP contribution in [-0.2, 0) is 32.2 Å². The Morgan fingerprint density at radius 1 is 0.947 bits per heavy atom. The van der Waals surface area contributed by atoms with E-state index in [1.54, 1.807) is 35.6 Å². The number of carbonyl (C=O) groups is 3. The van der Waals surface area contributed by atoms with Gasteiger partial charge < -0.3 is 14.5 Å². The summed E-state index contributed by atoms with van der Waals surface area (Å²) in [6, 6.07) is 18.8. The van der Waals surface area contributed by atoms with E-state index in [9.17, 15) is 14.4 Å². The third-order valence-corrected chi connectivity index (χ3v) is 6.06. The van der Waals surface area contributed by atoms with E-state index in [1.165, 1.54) is 7.11 Å². The van der Waals surface area contributed by atoms with Gasteiger partial charge in [-0.2, -0.15) is 0 Å². The lowest BCUT2D eigenvalue weighted by Crippen LogP contribution is -2.36. The quantitative estimate of drug-likeness (QED) is 0.251. The van der Waals surface area contributed by atoms with E-state index < -0.39 is 29.4 Å². The Bertz CT molecular complexity index is 1420. The van der Waals surface area contributed by atoms with Gasteiger partial charge in [-0.15, -0.1) is 0 Å². The lowest BCUT2D eigenvalue weighted by molar-refractivity contribution is -0.151. The van der Waals surface area contributed by atoms with Gasteiger partial charge in [0, 0.05) is 30.5 Å². The first-order chi connectivity index (χ1) is 18.2. The summed E-state index contributed by atoms with van der Waals surface area (Å²) in [7, 11) is 1.19. The first-order valence-corrected chi connectivity index (χ1v) is 12.3. The van der Waals surface area contributed by atoms with Crippen molar-refractivity contribution in [1.82, 2.24) is 14.9 Å². The molecule has 4 rings (SSSR count). The number of amides is 1. The molecule has 0 radical (unpaired) electrons. The number of hydrogen-bond donors (Lipinski definition) is 1. The van der Waals surface area contributed by atoms with Crippen LogP contribution >= 0.6 is 0 Å². The number of carbonyl (C=O) groups excluding carboxylic acids is 3. The minimum absolute atomic E-state index is 0.270. The molecule has 8 nitrogen and oxygen atoms in total. The van der Waals surface area contributed by atoms with Crippen LogP contribution in [0.3, 0.4) is 0 Å². The summed E-state index contributed by atoms with van der Waals surface area (Å²) in [5, 5.41) is 0.769. The number of H-pyrrole nitrogens is 1. The van der Waals surface area contributed by atoms with Gasteiger partial charge in [0.25, 0.3) is 5.78 Å². The molecule has 8 heteroatoms. The van der Waals surface area contributed by atoms with E-state index in [-0.39, 0.29) is 6.54 Å². The van der Waals surface area contributed by atoms with Crippen molar-refractivity contribution in [3.05, 3.63) is 102 Å². The molecule has 1 amide bonds. The SMILES string of the molecule is COC(=O)C(=O)C(c1ccncc1)c1c[nH]c2c(CN(Cc3ccccc3)C(=O)OC(C)(C)C)cccc12. The van der Waals surface area contributed by atoms with E-state index in [1.807, 2.05) is 69.3 Å². The minimum Gasteiger partial charge on any atom is -0.463 e. The van der Waals surface area contributed by atoms with Gasteiger partial charge in [0.05, 0.1) is 25.1 Å². The minimum atomic E-state index is -0.920. The summed E-state index contributed by atoms with van der Waals surface area (Å²) >= 11 is 0. The van der Waals surface area contributed by atoms with Crippen molar-refractivity contribution in [2.75, 3.05) is 7.11 Å². The molecular weight excluding hydrogens is 482 g/mol. The van der Waals surface area contributed by atoms with Crippen molar-refractivity contribution < 1.29 is 23.9 Å². The number of para-hydroxylation sites is 1. The van der Waals surface area contributed by atoms with Crippen molar-refractivity contribution in [3.63, 3.8) is 0 Å². The summed E-state index contributed by atoms with van der Waals surface area (Å²) in [4.78, 5) is 47.6. The molecule has 2 aromatic carbocycles. The number of benzene rings is 2. The molecule has 0 aliphatic rings. The molecule has 4 aromatic rings. The van der Waals surface area contributed by atoms with Gasteiger partial charge in [-0.05, 0) is 55.2 Å². The molecule has 0 aliphatic heterocycles. The fraction of sp³-hybridized carbons (Fsp3) is 0.267. The van der Waals surface area contributed by atoms with Crippen LogP contribution in [-0.4, -0.2) is 45.4 Å². The molecule has 2 aromatic heterocycles. The average Bonchev–Trinajstić information content (AvgIpc) is 3.33. The van der Waals surface area contributed by atoms with Crippen LogP contribution in [0, 0.1) is 0 Å². The van der Waals surface area contributed by atoms with Gasteiger partial charge in [0.15, 0.2) is 0 Å². The fourth-order valence-corrected chi connectivity index (χ4v) is 4.38. The number of pyridine rings is 1. The molecule has 0 fully saturated rings. The normalized spacial score (nSPS) is 12.1. The Kier molecular flexibility index (Phi) is 7.90. The standard InChI is InChI=1S/C30H31N3O5/c1-30(2,3)38-29(36)33(18-20-9-6-5-7-10-20)19-22-11-8-12-23-24(17-32-26(22)23)25(27(34)28(35)37-4)21-13-15-31-16-14-21/h5-17,25,32H,18-19H2,1-4H3. The van der Waals surface area contributed by atoms with Gasteiger partial charge in [-0.25, -0.2) is 9.59 Å². The molecule has 1 atom stereocenters. The van der Waals surface area contributed by atoms with E-state index >= 15 is 0 Å². The number of methoxy groups -OCH3 is 1. The lowest BCUT2D eigenvalue weighted by atomic mass is 9.87. The number of nitrogens with zero attached hydrogens (tertiary/aromatic N) is 2. The van der Waals surface area contributed by atoms with Crippen LogP contribution in [0.15, 0.2) is 79.3 Å². The van der Waals surface area contributed by atoms with Gasteiger partial charge in [0.2, 0.25) is 0 Å². The average molecular weight is 514 g/mol. The number of nitrogens with one attached hydrogen (secondary N) is 1. The number of Topliss-reactive ketones (excluding diaryl/α,β-unsaturated/α-hetero) is 1. The monoisotopic (exact) mass is 513 g/mol. The van der Waals surface area contributed by atoms with Crippen LogP contribution in [0.1, 0.15) is 48.9 Å². The Morgan fingerprint density at radius 3 is 2.32 bits per heavy atom. The smallest absolute Gasteiger partial charge is 0.410 e. The molecule has 1 N–H and O–H groups in total. The highest BCUT2D eigenvalue weighted by Crippen LogP contribution is 2.33. The number of aromatic amines is 1.